The zero-order valence-electron chi connectivity index (χ0n) is 17.4. The van der Waals surface area contributed by atoms with Crippen LogP contribution >= 0.6 is 11.6 Å². The van der Waals surface area contributed by atoms with Gasteiger partial charge >= 0.3 is 0 Å². The molecule has 162 valence electrons. The number of rotatable bonds is 5. The van der Waals surface area contributed by atoms with Crippen molar-refractivity contribution in [2.24, 2.45) is 0 Å². The Hall–Kier alpha value is -3.42. The molecule has 5 rings (SSSR count). The van der Waals surface area contributed by atoms with Crippen molar-refractivity contribution >= 4 is 39.9 Å². The summed E-state index contributed by atoms with van der Waals surface area (Å²) in [5.41, 5.74) is 5.09. The summed E-state index contributed by atoms with van der Waals surface area (Å²) in [6.45, 7) is 3.46. The summed E-state index contributed by atoms with van der Waals surface area (Å²) in [4.78, 5) is 15.1. The van der Waals surface area contributed by atoms with Gasteiger partial charge in [-0.3, -0.25) is 4.79 Å². The zero-order chi connectivity index (χ0) is 21.9. The first-order valence-electron chi connectivity index (χ1n) is 10.5. The second-order valence-corrected chi connectivity index (χ2v) is 8.08. The normalized spacial score (nSPS) is 14.0. The third kappa shape index (κ3) is 4.30. The number of hydrogen-bond donors (Lipinski definition) is 1. The van der Waals surface area contributed by atoms with Crippen LogP contribution < -0.4 is 10.2 Å². The van der Waals surface area contributed by atoms with Crippen LogP contribution in [0.25, 0.3) is 11.0 Å². The second kappa shape index (κ2) is 8.98. The molecule has 0 radical (unpaired) electrons. The number of nitrogens with one attached hydrogen (secondary N) is 1. The van der Waals surface area contributed by atoms with Gasteiger partial charge in [0.25, 0.3) is 5.91 Å². The number of para-hydroxylation sites is 1. The van der Waals surface area contributed by atoms with Crippen LogP contribution in [0.4, 0.5) is 11.4 Å². The number of nitrogens with zero attached hydrogens (tertiary/aromatic N) is 4. The van der Waals surface area contributed by atoms with Gasteiger partial charge in [0.05, 0.1) is 36.6 Å². The maximum Gasteiger partial charge on any atom is 0.255 e. The number of amides is 1. The van der Waals surface area contributed by atoms with Crippen LogP contribution in [0, 0.1) is 0 Å². The minimum absolute atomic E-state index is 0.181. The van der Waals surface area contributed by atoms with Crippen LogP contribution in [-0.2, 0) is 11.3 Å². The van der Waals surface area contributed by atoms with E-state index in [9.17, 15) is 4.79 Å². The lowest BCUT2D eigenvalue weighted by molar-refractivity contribution is 0.102. The minimum Gasteiger partial charge on any atom is -0.378 e. The van der Waals surface area contributed by atoms with Crippen molar-refractivity contribution in [1.29, 1.82) is 0 Å². The van der Waals surface area contributed by atoms with Crippen molar-refractivity contribution in [3.63, 3.8) is 0 Å². The third-order valence-electron chi connectivity index (χ3n) is 5.53. The molecule has 8 heteroatoms. The van der Waals surface area contributed by atoms with Crippen LogP contribution in [0.1, 0.15) is 15.9 Å². The van der Waals surface area contributed by atoms with Gasteiger partial charge in [-0.05, 0) is 48.0 Å². The van der Waals surface area contributed by atoms with Gasteiger partial charge in [-0.1, -0.05) is 41.1 Å². The monoisotopic (exact) mass is 447 g/mol. The molecule has 0 saturated carbocycles. The van der Waals surface area contributed by atoms with Gasteiger partial charge in [0.15, 0.2) is 0 Å². The minimum atomic E-state index is -0.181. The van der Waals surface area contributed by atoms with E-state index in [-0.39, 0.29) is 5.91 Å². The number of morpholine rings is 1. The van der Waals surface area contributed by atoms with Crippen molar-refractivity contribution in [3.05, 3.63) is 82.9 Å². The summed E-state index contributed by atoms with van der Waals surface area (Å²) in [7, 11) is 0. The lowest BCUT2D eigenvalue weighted by Crippen LogP contribution is -2.36. The lowest BCUT2D eigenvalue weighted by Gasteiger charge is -2.30. The molecular formula is C24H22ClN5O2. The smallest absolute Gasteiger partial charge is 0.255 e. The molecule has 3 aromatic carbocycles. The summed E-state index contributed by atoms with van der Waals surface area (Å²) >= 11 is 6.21. The van der Waals surface area contributed by atoms with Crippen LogP contribution in [0.3, 0.4) is 0 Å². The van der Waals surface area contributed by atoms with Gasteiger partial charge in [-0.25, -0.2) is 4.68 Å². The topological polar surface area (TPSA) is 72.3 Å². The average Bonchev–Trinajstić information content (AvgIpc) is 3.23. The molecule has 2 heterocycles. The number of fused-ring (bicyclic) bond motifs is 1. The molecule has 0 aliphatic carbocycles. The summed E-state index contributed by atoms with van der Waals surface area (Å²) < 4.78 is 7.29. The second-order valence-electron chi connectivity index (χ2n) is 7.65. The van der Waals surface area contributed by atoms with E-state index >= 15 is 0 Å². The van der Waals surface area contributed by atoms with E-state index in [1.54, 1.807) is 6.07 Å². The highest BCUT2D eigenvalue weighted by molar-refractivity contribution is 6.31. The Morgan fingerprint density at radius 2 is 1.81 bits per heavy atom. The maximum absolute atomic E-state index is 12.9. The Labute approximate surface area is 190 Å². The van der Waals surface area contributed by atoms with Gasteiger partial charge in [-0.2, -0.15) is 0 Å². The van der Waals surface area contributed by atoms with E-state index in [1.165, 1.54) is 0 Å². The Morgan fingerprint density at radius 3 is 2.62 bits per heavy atom. The number of halogens is 1. The van der Waals surface area contributed by atoms with E-state index in [1.807, 2.05) is 65.3 Å². The van der Waals surface area contributed by atoms with Crippen molar-refractivity contribution in [2.45, 2.75) is 6.54 Å². The van der Waals surface area contributed by atoms with Crippen molar-refractivity contribution in [1.82, 2.24) is 15.0 Å². The molecule has 4 aromatic rings. The first kappa shape index (κ1) is 20.5. The van der Waals surface area contributed by atoms with Gasteiger partial charge in [0.1, 0.15) is 5.52 Å². The molecule has 1 N–H and O–H groups in total. The van der Waals surface area contributed by atoms with Gasteiger partial charge < -0.3 is 15.0 Å². The van der Waals surface area contributed by atoms with Gasteiger partial charge in [-0.15, -0.1) is 5.10 Å². The molecule has 1 saturated heterocycles. The Bertz CT molecular complexity index is 1250. The fourth-order valence-electron chi connectivity index (χ4n) is 3.85. The summed E-state index contributed by atoms with van der Waals surface area (Å²) in [5.74, 6) is -0.181. The van der Waals surface area contributed by atoms with E-state index in [0.717, 1.165) is 35.4 Å². The van der Waals surface area contributed by atoms with Crippen LogP contribution in [0.2, 0.25) is 5.02 Å². The van der Waals surface area contributed by atoms with E-state index < -0.39 is 0 Å². The first-order chi connectivity index (χ1) is 15.7. The summed E-state index contributed by atoms with van der Waals surface area (Å²) in [6, 6.07) is 20.9. The van der Waals surface area contributed by atoms with E-state index in [4.69, 9.17) is 16.3 Å². The van der Waals surface area contributed by atoms with Crippen molar-refractivity contribution in [2.75, 3.05) is 36.5 Å². The van der Waals surface area contributed by atoms with Gasteiger partial charge in [0, 0.05) is 23.7 Å². The molecular weight excluding hydrogens is 426 g/mol. The Morgan fingerprint density at radius 1 is 1.03 bits per heavy atom. The fourth-order valence-corrected chi connectivity index (χ4v) is 4.02. The van der Waals surface area contributed by atoms with Crippen LogP contribution in [0.5, 0.6) is 0 Å². The predicted octanol–water partition coefficient (Wildman–Crippen LogP) is 4.22. The zero-order valence-corrected chi connectivity index (χ0v) is 18.1. The largest absolute Gasteiger partial charge is 0.378 e. The highest BCUT2D eigenvalue weighted by Crippen LogP contribution is 2.30. The molecule has 1 aromatic heterocycles. The Balaban J connectivity index is 1.32. The highest BCUT2D eigenvalue weighted by Gasteiger charge is 2.17. The maximum atomic E-state index is 12.9. The SMILES string of the molecule is O=C(Nc1cc(Cl)ccc1N1CCOCC1)c1ccc(Cn2nnc3ccccc32)cc1. The first-order valence-corrected chi connectivity index (χ1v) is 10.9. The van der Waals surface area contributed by atoms with Gasteiger partial charge in [0.2, 0.25) is 0 Å². The number of ether oxygens (including phenoxy) is 1. The molecule has 0 atom stereocenters. The number of aromatic nitrogens is 3. The molecule has 1 aliphatic heterocycles. The standard InChI is InChI=1S/C24H22ClN5O2/c25-19-9-10-22(29-11-13-32-14-12-29)21(15-19)26-24(31)18-7-5-17(6-8-18)16-30-23-4-2-1-3-20(23)27-28-30/h1-10,15H,11-14,16H2,(H,26,31). The van der Waals surface area contributed by atoms with E-state index in [0.29, 0.717) is 36.0 Å². The molecule has 1 fully saturated rings. The summed E-state index contributed by atoms with van der Waals surface area (Å²) in [6.07, 6.45) is 0. The van der Waals surface area contributed by atoms with Crippen LogP contribution in [-0.4, -0.2) is 47.2 Å². The van der Waals surface area contributed by atoms with Crippen molar-refractivity contribution < 1.29 is 9.53 Å². The highest BCUT2D eigenvalue weighted by atomic mass is 35.5. The number of anilines is 2. The number of carbonyl (C=O) groups excluding carboxylic acids is 1. The molecule has 0 unspecified atom stereocenters. The summed E-state index contributed by atoms with van der Waals surface area (Å²) in [5, 5.41) is 12.0. The average molecular weight is 448 g/mol. The number of carbonyl (C=O) groups is 1. The number of hydrogen-bond acceptors (Lipinski definition) is 5. The van der Waals surface area contributed by atoms with Crippen LogP contribution in [0.15, 0.2) is 66.7 Å². The quantitative estimate of drug-likeness (QED) is 0.496. The molecule has 1 amide bonds. The Kier molecular flexibility index (Phi) is 5.75. The van der Waals surface area contributed by atoms with E-state index in [2.05, 4.69) is 20.5 Å². The number of benzene rings is 3. The fraction of sp³-hybridized carbons (Fsp3) is 0.208. The molecule has 1 aliphatic rings. The third-order valence-corrected chi connectivity index (χ3v) is 5.76. The molecule has 0 bridgehead atoms. The lowest BCUT2D eigenvalue weighted by atomic mass is 10.1. The molecule has 7 nitrogen and oxygen atoms in total. The molecule has 32 heavy (non-hydrogen) atoms. The predicted molar refractivity (Wildman–Crippen MR) is 126 cm³/mol. The van der Waals surface area contributed by atoms with Crippen molar-refractivity contribution in [3.8, 4) is 0 Å². The molecule has 0 spiro atoms.